The number of alkyl halides is 4. The number of ether oxygens (including phenoxy) is 1. The Labute approximate surface area is 151 Å². The van der Waals surface area contributed by atoms with E-state index >= 15 is 0 Å². The van der Waals surface area contributed by atoms with Gasteiger partial charge in [0.25, 0.3) is 0 Å². The second kappa shape index (κ2) is 8.56. The highest BCUT2D eigenvalue weighted by Crippen LogP contribution is 2.42. The highest BCUT2D eigenvalue weighted by Gasteiger charge is 2.44. The van der Waals surface area contributed by atoms with Crippen molar-refractivity contribution >= 4 is 12.4 Å². The number of hydrogen-bond donors (Lipinski definition) is 1. The highest BCUT2D eigenvalue weighted by molar-refractivity contribution is 5.85. The van der Waals surface area contributed by atoms with Gasteiger partial charge in [-0.1, -0.05) is 18.6 Å². The van der Waals surface area contributed by atoms with Crippen molar-refractivity contribution in [3.8, 4) is 5.75 Å². The topological polar surface area (TPSA) is 24.5 Å². The third kappa shape index (κ3) is 4.77. The number of benzene rings is 1. The maximum atomic E-state index is 13.2. The fourth-order valence-electron chi connectivity index (χ4n) is 3.46. The van der Waals surface area contributed by atoms with Crippen LogP contribution in [0.4, 0.5) is 17.6 Å². The van der Waals surface area contributed by atoms with Crippen molar-refractivity contribution in [1.29, 1.82) is 0 Å². The van der Waals surface area contributed by atoms with Crippen LogP contribution in [0, 0.1) is 5.92 Å². The van der Waals surface area contributed by atoms with Crippen LogP contribution >= 0.6 is 12.4 Å². The summed E-state index contributed by atoms with van der Waals surface area (Å²) in [7, 11) is 0. The molecule has 1 aliphatic carbocycles. The average Bonchev–Trinajstić information content (AvgIpc) is 2.51. The van der Waals surface area contributed by atoms with Crippen molar-refractivity contribution in [3.05, 3.63) is 29.8 Å². The van der Waals surface area contributed by atoms with Crippen LogP contribution in [0.25, 0.3) is 0 Å². The molecular formula is C17H23ClF4N2O. The van der Waals surface area contributed by atoms with Crippen LogP contribution in [-0.2, 0) is 0 Å². The number of piperazine rings is 1. The third-order valence-corrected chi connectivity index (χ3v) is 4.85. The van der Waals surface area contributed by atoms with Crippen LogP contribution < -0.4 is 10.1 Å². The summed E-state index contributed by atoms with van der Waals surface area (Å²) in [5, 5.41) is 3.30. The van der Waals surface area contributed by atoms with Crippen molar-refractivity contribution in [1.82, 2.24) is 10.2 Å². The van der Waals surface area contributed by atoms with E-state index in [1.807, 2.05) is 6.07 Å². The Morgan fingerprint density at radius 1 is 1.16 bits per heavy atom. The van der Waals surface area contributed by atoms with Crippen LogP contribution in [-0.4, -0.2) is 43.6 Å². The van der Waals surface area contributed by atoms with Crippen molar-refractivity contribution in [2.24, 2.45) is 5.92 Å². The van der Waals surface area contributed by atoms with Crippen LogP contribution in [0.2, 0.25) is 0 Å². The molecule has 1 N–H and O–H groups in total. The van der Waals surface area contributed by atoms with Crippen LogP contribution in [0.5, 0.6) is 5.75 Å². The standard InChI is InChI=1S/C17H22F4N2O.ClH/c18-16(19)17(20,21)24-14-6-2-5-13(11-14)15(12-3-1-4-12)23-9-7-22-8-10-23;/h2,5-6,11-12,15-16,22H,1,3-4,7-10H2;1H/t15-;/m0./s1. The molecule has 2 aliphatic rings. The molecule has 3 rings (SSSR count). The van der Waals surface area contributed by atoms with Gasteiger partial charge in [0, 0.05) is 32.2 Å². The average molecular weight is 383 g/mol. The minimum Gasteiger partial charge on any atom is -0.428 e. The van der Waals surface area contributed by atoms with Crippen LogP contribution in [0.1, 0.15) is 30.9 Å². The molecule has 1 aromatic carbocycles. The molecule has 1 saturated heterocycles. The van der Waals surface area contributed by atoms with Crippen LogP contribution in [0.15, 0.2) is 24.3 Å². The molecule has 1 aromatic rings. The fraction of sp³-hybridized carbons (Fsp3) is 0.647. The second-order valence-electron chi connectivity index (χ2n) is 6.46. The molecule has 0 spiro atoms. The molecule has 1 atom stereocenters. The van der Waals surface area contributed by atoms with Crippen LogP contribution in [0.3, 0.4) is 0 Å². The molecule has 0 amide bonds. The molecule has 0 unspecified atom stereocenters. The summed E-state index contributed by atoms with van der Waals surface area (Å²) in [5.74, 6) is 0.270. The molecule has 0 bridgehead atoms. The molecule has 0 aromatic heterocycles. The fourth-order valence-corrected chi connectivity index (χ4v) is 3.46. The van der Waals surface area contributed by atoms with Crippen molar-refractivity contribution < 1.29 is 22.3 Å². The summed E-state index contributed by atoms with van der Waals surface area (Å²) in [4.78, 5) is 2.35. The largest absolute Gasteiger partial charge is 0.461 e. The molecule has 2 fully saturated rings. The van der Waals surface area contributed by atoms with E-state index in [9.17, 15) is 17.6 Å². The van der Waals surface area contributed by atoms with Crippen molar-refractivity contribution in [2.75, 3.05) is 26.2 Å². The normalized spacial score (nSPS) is 20.7. The third-order valence-electron chi connectivity index (χ3n) is 4.85. The molecule has 1 saturated carbocycles. The molecule has 3 nitrogen and oxygen atoms in total. The van der Waals surface area contributed by atoms with Gasteiger partial charge in [0.2, 0.25) is 0 Å². The smallest absolute Gasteiger partial charge is 0.428 e. The van der Waals surface area contributed by atoms with Crippen molar-refractivity contribution in [2.45, 2.75) is 37.8 Å². The summed E-state index contributed by atoms with van der Waals surface area (Å²) >= 11 is 0. The van der Waals surface area contributed by atoms with E-state index in [0.717, 1.165) is 44.6 Å². The zero-order chi connectivity index (χ0) is 17.2. The molecule has 8 heteroatoms. The van der Waals surface area contributed by atoms with Gasteiger partial charge in [0.15, 0.2) is 0 Å². The summed E-state index contributed by atoms with van der Waals surface area (Å²) in [6.07, 6.45) is -4.94. The minimum absolute atomic E-state index is 0. The summed E-state index contributed by atoms with van der Waals surface area (Å²) in [6, 6.07) is 6.39. The molecule has 142 valence electrons. The van der Waals surface area contributed by atoms with Gasteiger partial charge < -0.3 is 10.1 Å². The Balaban J connectivity index is 0.00000225. The van der Waals surface area contributed by atoms with E-state index in [-0.39, 0.29) is 24.2 Å². The Hall–Kier alpha value is -1.05. The molecule has 0 radical (unpaired) electrons. The first-order valence-electron chi connectivity index (χ1n) is 8.37. The quantitative estimate of drug-likeness (QED) is 0.750. The maximum absolute atomic E-state index is 13.2. The van der Waals surface area contributed by atoms with E-state index in [1.54, 1.807) is 6.07 Å². The van der Waals surface area contributed by atoms with E-state index in [4.69, 9.17) is 0 Å². The zero-order valence-electron chi connectivity index (χ0n) is 13.8. The van der Waals surface area contributed by atoms with Gasteiger partial charge in [-0.25, -0.2) is 0 Å². The summed E-state index contributed by atoms with van der Waals surface area (Å²) in [5.41, 5.74) is 0.865. The lowest BCUT2D eigenvalue weighted by molar-refractivity contribution is -0.253. The lowest BCUT2D eigenvalue weighted by Crippen LogP contribution is -2.47. The van der Waals surface area contributed by atoms with Gasteiger partial charge in [0.05, 0.1) is 0 Å². The first kappa shape index (κ1) is 20.3. The van der Waals surface area contributed by atoms with Gasteiger partial charge in [0.1, 0.15) is 5.75 Å². The zero-order valence-corrected chi connectivity index (χ0v) is 14.6. The van der Waals surface area contributed by atoms with Gasteiger partial charge in [-0.15, -0.1) is 12.4 Å². The molecule has 25 heavy (non-hydrogen) atoms. The summed E-state index contributed by atoms with van der Waals surface area (Å²) < 4.78 is 55.3. The SMILES string of the molecule is Cl.FC(F)C(F)(F)Oc1cccc([C@H](C2CCC2)N2CCNCC2)c1. The molecule has 1 aliphatic heterocycles. The predicted octanol–water partition coefficient (Wildman–Crippen LogP) is 4.09. The van der Waals surface area contributed by atoms with E-state index in [2.05, 4.69) is 15.0 Å². The lowest BCUT2D eigenvalue weighted by Gasteiger charge is -2.43. The number of nitrogens with zero attached hydrogens (tertiary/aromatic N) is 1. The Morgan fingerprint density at radius 3 is 2.40 bits per heavy atom. The minimum atomic E-state index is -4.47. The number of rotatable bonds is 6. The van der Waals surface area contributed by atoms with Gasteiger partial charge in [-0.05, 0) is 36.5 Å². The van der Waals surface area contributed by atoms with E-state index in [1.165, 1.54) is 18.6 Å². The lowest BCUT2D eigenvalue weighted by atomic mass is 9.76. The van der Waals surface area contributed by atoms with Gasteiger partial charge >= 0.3 is 12.5 Å². The number of hydrogen-bond acceptors (Lipinski definition) is 3. The van der Waals surface area contributed by atoms with Gasteiger partial charge in [-0.3, -0.25) is 4.90 Å². The molecular weight excluding hydrogens is 360 g/mol. The van der Waals surface area contributed by atoms with Crippen molar-refractivity contribution in [3.63, 3.8) is 0 Å². The Morgan fingerprint density at radius 2 is 1.84 bits per heavy atom. The second-order valence-corrected chi connectivity index (χ2v) is 6.46. The van der Waals surface area contributed by atoms with Gasteiger partial charge in [-0.2, -0.15) is 17.6 Å². The maximum Gasteiger partial charge on any atom is 0.461 e. The number of nitrogens with one attached hydrogen (secondary N) is 1. The molecule has 1 heterocycles. The van der Waals surface area contributed by atoms with E-state index in [0.29, 0.717) is 5.92 Å². The predicted molar refractivity (Wildman–Crippen MR) is 89.8 cm³/mol. The monoisotopic (exact) mass is 382 g/mol. The highest BCUT2D eigenvalue weighted by atomic mass is 35.5. The first-order valence-corrected chi connectivity index (χ1v) is 8.37. The summed E-state index contributed by atoms with van der Waals surface area (Å²) in [6.45, 7) is 3.56. The first-order chi connectivity index (χ1) is 11.5. The Bertz CT molecular complexity index is 551. The van der Waals surface area contributed by atoms with E-state index < -0.39 is 12.5 Å². The Kier molecular flexibility index (Phi) is 6.93. The number of halogens is 5.